The van der Waals surface area contributed by atoms with Crippen LogP contribution in [0.4, 0.5) is 0 Å². The van der Waals surface area contributed by atoms with E-state index in [2.05, 4.69) is 32.0 Å². The summed E-state index contributed by atoms with van der Waals surface area (Å²) in [6.07, 6.45) is 1.75. The van der Waals surface area contributed by atoms with Crippen LogP contribution in [0.3, 0.4) is 0 Å². The third-order valence-corrected chi connectivity index (χ3v) is 3.98. The fourth-order valence-electron chi connectivity index (χ4n) is 1.37. The summed E-state index contributed by atoms with van der Waals surface area (Å²) < 4.78 is 0. The summed E-state index contributed by atoms with van der Waals surface area (Å²) in [5.74, 6) is 0. The Kier molecular flexibility index (Phi) is 5.28. The maximum atomic E-state index is 8.82. The molecule has 2 unspecified atom stereocenters. The van der Waals surface area contributed by atoms with Crippen LogP contribution in [0.2, 0.25) is 0 Å². The number of hydrogen-bond acceptors (Lipinski definition) is 2. The fraction of sp³-hybridized carbons (Fsp3) is 0.462. The highest BCUT2D eigenvalue weighted by Crippen LogP contribution is 2.35. The van der Waals surface area contributed by atoms with Crippen LogP contribution in [0.15, 0.2) is 30.3 Å². The van der Waals surface area contributed by atoms with Gasteiger partial charge < -0.3 is 0 Å². The average molecular weight is 219 g/mol. The number of rotatable bonds is 5. The largest absolute Gasteiger partial charge is 0.198 e. The lowest BCUT2D eigenvalue weighted by atomic mass is 10.1. The molecule has 0 fully saturated rings. The zero-order valence-corrected chi connectivity index (χ0v) is 10.1. The smallest absolute Gasteiger partial charge is 0.0636 e. The molecule has 0 saturated carbocycles. The van der Waals surface area contributed by atoms with Gasteiger partial charge in [-0.2, -0.15) is 5.26 Å². The van der Waals surface area contributed by atoms with E-state index in [1.807, 2.05) is 30.0 Å². The molecule has 2 atom stereocenters. The summed E-state index contributed by atoms with van der Waals surface area (Å²) in [5.41, 5.74) is 1.27. The van der Waals surface area contributed by atoms with Gasteiger partial charge >= 0.3 is 0 Å². The van der Waals surface area contributed by atoms with E-state index < -0.39 is 0 Å². The molecular formula is C13H17NS. The van der Waals surface area contributed by atoms with Crippen molar-refractivity contribution in [1.29, 1.82) is 5.26 Å². The topological polar surface area (TPSA) is 23.8 Å². The van der Waals surface area contributed by atoms with Crippen molar-refractivity contribution in [3.05, 3.63) is 35.9 Å². The van der Waals surface area contributed by atoms with Gasteiger partial charge in [-0.25, -0.2) is 0 Å². The first-order valence-corrected chi connectivity index (χ1v) is 6.29. The first-order chi connectivity index (χ1) is 7.27. The van der Waals surface area contributed by atoms with Gasteiger partial charge in [0.1, 0.15) is 0 Å². The Bertz CT molecular complexity index is 315. The predicted octanol–water partition coefficient (Wildman–Crippen LogP) is 4.17. The Hall–Kier alpha value is -0.940. The molecule has 0 aliphatic rings. The Morgan fingerprint density at radius 3 is 2.53 bits per heavy atom. The van der Waals surface area contributed by atoms with Crippen LogP contribution < -0.4 is 0 Å². The van der Waals surface area contributed by atoms with Crippen molar-refractivity contribution < 1.29 is 0 Å². The second-order valence-electron chi connectivity index (χ2n) is 3.62. The maximum absolute atomic E-state index is 8.82. The van der Waals surface area contributed by atoms with Crippen molar-refractivity contribution >= 4 is 11.8 Å². The second-order valence-corrected chi connectivity index (χ2v) is 5.26. The number of nitrogens with zero attached hydrogens (tertiary/aromatic N) is 1. The van der Waals surface area contributed by atoms with E-state index in [0.717, 1.165) is 6.42 Å². The second kappa shape index (κ2) is 6.53. The van der Waals surface area contributed by atoms with Crippen molar-refractivity contribution in [3.63, 3.8) is 0 Å². The van der Waals surface area contributed by atoms with Crippen molar-refractivity contribution in [2.75, 3.05) is 0 Å². The molecule has 80 valence electrons. The Labute approximate surface area is 96.5 Å². The van der Waals surface area contributed by atoms with Crippen LogP contribution in [-0.2, 0) is 0 Å². The van der Waals surface area contributed by atoms with Gasteiger partial charge in [-0.3, -0.25) is 0 Å². The highest BCUT2D eigenvalue weighted by Gasteiger charge is 2.14. The van der Waals surface area contributed by atoms with E-state index in [1.165, 1.54) is 5.56 Å². The van der Waals surface area contributed by atoms with Gasteiger partial charge in [0, 0.05) is 10.5 Å². The Balaban J connectivity index is 2.71. The number of hydrogen-bond donors (Lipinski definition) is 0. The van der Waals surface area contributed by atoms with Crippen LogP contribution in [0.5, 0.6) is 0 Å². The highest BCUT2D eigenvalue weighted by molar-refractivity contribution is 8.00. The van der Waals surface area contributed by atoms with E-state index in [4.69, 9.17) is 5.26 Å². The minimum atomic E-state index is 0.325. The molecule has 0 spiro atoms. The number of benzene rings is 1. The van der Waals surface area contributed by atoms with Crippen LogP contribution in [0.1, 0.15) is 37.5 Å². The summed E-state index contributed by atoms with van der Waals surface area (Å²) in [7, 11) is 0. The molecule has 0 amide bonds. The number of nitriles is 1. The molecule has 0 aromatic heterocycles. The highest BCUT2D eigenvalue weighted by atomic mass is 32.2. The lowest BCUT2D eigenvalue weighted by Gasteiger charge is -2.17. The van der Waals surface area contributed by atoms with Crippen molar-refractivity contribution in [1.82, 2.24) is 0 Å². The fourth-order valence-corrected chi connectivity index (χ4v) is 2.61. The van der Waals surface area contributed by atoms with Crippen molar-refractivity contribution in [3.8, 4) is 6.07 Å². The zero-order valence-electron chi connectivity index (χ0n) is 9.31. The van der Waals surface area contributed by atoms with Crippen LogP contribution >= 0.6 is 11.8 Å². The minimum absolute atomic E-state index is 0.325. The average Bonchev–Trinajstić information content (AvgIpc) is 2.29. The Morgan fingerprint density at radius 2 is 2.00 bits per heavy atom. The van der Waals surface area contributed by atoms with Gasteiger partial charge in [0.05, 0.1) is 12.5 Å². The number of thioether (sulfide) groups is 1. The SMILES string of the molecule is CCC(C)SC(CC#N)c1ccccc1. The predicted molar refractivity (Wildman–Crippen MR) is 66.8 cm³/mol. The molecule has 1 aromatic rings. The van der Waals surface area contributed by atoms with Crippen LogP contribution in [0, 0.1) is 11.3 Å². The molecule has 1 aromatic carbocycles. The quantitative estimate of drug-likeness (QED) is 0.742. The van der Waals surface area contributed by atoms with Crippen LogP contribution in [-0.4, -0.2) is 5.25 Å². The van der Waals surface area contributed by atoms with Gasteiger partial charge in [-0.05, 0) is 12.0 Å². The van der Waals surface area contributed by atoms with E-state index >= 15 is 0 Å². The van der Waals surface area contributed by atoms with Gasteiger partial charge in [0.2, 0.25) is 0 Å². The summed E-state index contributed by atoms with van der Waals surface area (Å²) in [4.78, 5) is 0. The third-order valence-electron chi connectivity index (χ3n) is 2.42. The monoisotopic (exact) mass is 219 g/mol. The molecule has 0 aliphatic heterocycles. The Morgan fingerprint density at radius 1 is 1.33 bits per heavy atom. The molecule has 0 heterocycles. The lowest BCUT2D eigenvalue weighted by Crippen LogP contribution is -2.00. The lowest BCUT2D eigenvalue weighted by molar-refractivity contribution is 0.882. The molecule has 15 heavy (non-hydrogen) atoms. The molecule has 0 aliphatic carbocycles. The molecule has 1 rings (SSSR count). The standard InChI is InChI=1S/C13H17NS/c1-3-11(2)15-13(9-10-14)12-7-5-4-6-8-12/h4-8,11,13H,3,9H2,1-2H3. The third kappa shape index (κ3) is 3.97. The maximum Gasteiger partial charge on any atom is 0.0636 e. The normalized spacial score (nSPS) is 14.2. The molecular weight excluding hydrogens is 202 g/mol. The van der Waals surface area contributed by atoms with E-state index in [1.54, 1.807) is 0 Å². The molecule has 2 heteroatoms. The van der Waals surface area contributed by atoms with E-state index in [-0.39, 0.29) is 0 Å². The summed E-state index contributed by atoms with van der Waals surface area (Å²) in [6.45, 7) is 4.41. The zero-order chi connectivity index (χ0) is 11.1. The summed E-state index contributed by atoms with van der Waals surface area (Å²) in [6, 6.07) is 12.6. The first kappa shape index (κ1) is 12.1. The van der Waals surface area contributed by atoms with Gasteiger partial charge in [-0.1, -0.05) is 44.2 Å². The van der Waals surface area contributed by atoms with Crippen LogP contribution in [0.25, 0.3) is 0 Å². The molecule has 0 bridgehead atoms. The van der Waals surface area contributed by atoms with Gasteiger partial charge in [-0.15, -0.1) is 11.8 Å². The molecule has 0 N–H and O–H groups in total. The van der Waals surface area contributed by atoms with Crippen molar-refractivity contribution in [2.24, 2.45) is 0 Å². The minimum Gasteiger partial charge on any atom is -0.198 e. The molecule has 0 saturated heterocycles. The first-order valence-electron chi connectivity index (χ1n) is 5.35. The molecule has 0 radical (unpaired) electrons. The summed E-state index contributed by atoms with van der Waals surface area (Å²) >= 11 is 1.90. The summed E-state index contributed by atoms with van der Waals surface area (Å²) in [5, 5.41) is 9.76. The van der Waals surface area contributed by atoms with Gasteiger partial charge in [0.15, 0.2) is 0 Å². The van der Waals surface area contributed by atoms with Crippen molar-refractivity contribution in [2.45, 2.75) is 37.2 Å². The van der Waals surface area contributed by atoms with E-state index in [0.29, 0.717) is 16.9 Å². The van der Waals surface area contributed by atoms with E-state index in [9.17, 15) is 0 Å². The van der Waals surface area contributed by atoms with Gasteiger partial charge in [0.25, 0.3) is 0 Å². The molecule has 1 nitrogen and oxygen atoms in total.